The molecule has 1 fully saturated rings. The molecule has 17 heavy (non-hydrogen) atoms. The SMILES string of the molecule is Cc1nc(CN(C)C(=O)C2CCCCC2)n[nH]1. The molecular weight excluding hydrogens is 216 g/mol. The summed E-state index contributed by atoms with van der Waals surface area (Å²) < 4.78 is 0. The molecule has 5 nitrogen and oxygen atoms in total. The summed E-state index contributed by atoms with van der Waals surface area (Å²) in [5.74, 6) is 1.94. The van der Waals surface area contributed by atoms with Crippen LogP contribution in [-0.4, -0.2) is 33.0 Å². The van der Waals surface area contributed by atoms with E-state index in [-0.39, 0.29) is 11.8 Å². The van der Waals surface area contributed by atoms with Gasteiger partial charge in [-0.05, 0) is 19.8 Å². The van der Waals surface area contributed by atoms with E-state index < -0.39 is 0 Å². The summed E-state index contributed by atoms with van der Waals surface area (Å²) in [6.45, 7) is 2.36. The molecule has 0 bridgehead atoms. The number of aryl methyl sites for hydroxylation is 1. The molecule has 5 heteroatoms. The highest BCUT2D eigenvalue weighted by molar-refractivity contribution is 5.78. The topological polar surface area (TPSA) is 61.9 Å². The van der Waals surface area contributed by atoms with E-state index in [1.807, 2.05) is 14.0 Å². The lowest BCUT2D eigenvalue weighted by atomic mass is 9.88. The number of carbonyl (C=O) groups is 1. The van der Waals surface area contributed by atoms with E-state index >= 15 is 0 Å². The number of nitrogens with one attached hydrogen (secondary N) is 1. The number of amides is 1. The van der Waals surface area contributed by atoms with Gasteiger partial charge < -0.3 is 4.90 Å². The minimum Gasteiger partial charge on any atom is -0.338 e. The zero-order valence-corrected chi connectivity index (χ0v) is 10.6. The first-order valence-corrected chi connectivity index (χ1v) is 6.29. The predicted octanol–water partition coefficient (Wildman–Crippen LogP) is 1.65. The fourth-order valence-electron chi connectivity index (χ4n) is 2.41. The number of nitrogens with zero attached hydrogens (tertiary/aromatic N) is 3. The molecule has 1 aromatic heterocycles. The number of H-pyrrole nitrogens is 1. The quantitative estimate of drug-likeness (QED) is 0.868. The Morgan fingerprint density at radius 2 is 2.12 bits per heavy atom. The van der Waals surface area contributed by atoms with E-state index in [0.29, 0.717) is 12.4 Å². The van der Waals surface area contributed by atoms with Crippen LogP contribution in [0.5, 0.6) is 0 Å². The molecule has 1 aromatic rings. The van der Waals surface area contributed by atoms with Crippen LogP contribution < -0.4 is 0 Å². The predicted molar refractivity (Wildman–Crippen MR) is 64.2 cm³/mol. The molecular formula is C12H20N4O. The maximum absolute atomic E-state index is 12.2. The van der Waals surface area contributed by atoms with Crippen molar-refractivity contribution in [1.82, 2.24) is 20.1 Å². The molecule has 1 aliphatic rings. The minimum absolute atomic E-state index is 0.216. The van der Waals surface area contributed by atoms with Crippen LogP contribution in [0.3, 0.4) is 0 Å². The van der Waals surface area contributed by atoms with Crippen molar-refractivity contribution in [2.24, 2.45) is 5.92 Å². The first kappa shape index (κ1) is 12.1. The van der Waals surface area contributed by atoms with Crippen LogP contribution in [0.25, 0.3) is 0 Å². The highest BCUT2D eigenvalue weighted by Gasteiger charge is 2.24. The fourth-order valence-corrected chi connectivity index (χ4v) is 2.41. The van der Waals surface area contributed by atoms with Gasteiger partial charge in [0, 0.05) is 13.0 Å². The summed E-state index contributed by atoms with van der Waals surface area (Å²) in [4.78, 5) is 18.1. The van der Waals surface area contributed by atoms with Crippen LogP contribution in [0.4, 0.5) is 0 Å². The number of aromatic amines is 1. The second-order valence-corrected chi connectivity index (χ2v) is 4.87. The Labute approximate surface area is 102 Å². The highest BCUT2D eigenvalue weighted by atomic mass is 16.2. The summed E-state index contributed by atoms with van der Waals surface area (Å²) in [6.07, 6.45) is 5.72. The third kappa shape index (κ3) is 3.05. The summed E-state index contributed by atoms with van der Waals surface area (Å²) >= 11 is 0. The lowest BCUT2D eigenvalue weighted by Gasteiger charge is -2.25. The third-order valence-corrected chi connectivity index (χ3v) is 3.35. The fraction of sp³-hybridized carbons (Fsp3) is 0.750. The number of carbonyl (C=O) groups excluding carboxylic acids is 1. The molecule has 1 heterocycles. The third-order valence-electron chi connectivity index (χ3n) is 3.35. The summed E-state index contributed by atoms with van der Waals surface area (Å²) in [5, 5.41) is 6.85. The number of hydrogen-bond donors (Lipinski definition) is 1. The zero-order chi connectivity index (χ0) is 12.3. The molecule has 0 unspecified atom stereocenters. The van der Waals surface area contributed by atoms with Gasteiger partial charge in [-0.3, -0.25) is 9.89 Å². The summed E-state index contributed by atoms with van der Waals surface area (Å²) in [7, 11) is 1.84. The second-order valence-electron chi connectivity index (χ2n) is 4.87. The van der Waals surface area contributed by atoms with Crippen LogP contribution in [0.2, 0.25) is 0 Å². The molecule has 0 saturated heterocycles. The lowest BCUT2D eigenvalue weighted by Crippen LogP contribution is -2.33. The number of rotatable bonds is 3. The molecule has 0 aromatic carbocycles. The Balaban J connectivity index is 1.90. The van der Waals surface area contributed by atoms with Gasteiger partial charge in [-0.2, -0.15) is 5.10 Å². The van der Waals surface area contributed by atoms with Crippen molar-refractivity contribution in [1.29, 1.82) is 0 Å². The van der Waals surface area contributed by atoms with Gasteiger partial charge in [0.2, 0.25) is 5.91 Å². The number of hydrogen-bond acceptors (Lipinski definition) is 3. The van der Waals surface area contributed by atoms with E-state index in [1.165, 1.54) is 19.3 Å². The minimum atomic E-state index is 0.216. The van der Waals surface area contributed by atoms with Crippen molar-refractivity contribution in [3.8, 4) is 0 Å². The van der Waals surface area contributed by atoms with Crippen molar-refractivity contribution in [2.45, 2.75) is 45.6 Å². The Morgan fingerprint density at radius 3 is 2.71 bits per heavy atom. The van der Waals surface area contributed by atoms with E-state index in [2.05, 4.69) is 15.2 Å². The number of aromatic nitrogens is 3. The van der Waals surface area contributed by atoms with Crippen LogP contribution >= 0.6 is 0 Å². The first-order valence-electron chi connectivity index (χ1n) is 6.29. The second kappa shape index (κ2) is 5.29. The van der Waals surface area contributed by atoms with Gasteiger partial charge in [0.25, 0.3) is 0 Å². The molecule has 0 radical (unpaired) electrons. The zero-order valence-electron chi connectivity index (χ0n) is 10.6. The van der Waals surface area contributed by atoms with Crippen molar-refractivity contribution >= 4 is 5.91 Å². The van der Waals surface area contributed by atoms with Gasteiger partial charge in [0.05, 0.1) is 6.54 Å². The van der Waals surface area contributed by atoms with Crippen LogP contribution in [0.1, 0.15) is 43.8 Å². The van der Waals surface area contributed by atoms with Gasteiger partial charge >= 0.3 is 0 Å². The van der Waals surface area contributed by atoms with E-state index in [4.69, 9.17) is 0 Å². The molecule has 0 atom stereocenters. The van der Waals surface area contributed by atoms with Crippen LogP contribution in [0.15, 0.2) is 0 Å². The van der Waals surface area contributed by atoms with Gasteiger partial charge in [-0.1, -0.05) is 19.3 Å². The smallest absolute Gasteiger partial charge is 0.225 e. The summed E-state index contributed by atoms with van der Waals surface area (Å²) in [6, 6.07) is 0. The molecule has 1 aliphatic carbocycles. The van der Waals surface area contributed by atoms with Crippen LogP contribution in [-0.2, 0) is 11.3 Å². The molecule has 1 N–H and O–H groups in total. The van der Waals surface area contributed by atoms with Crippen molar-refractivity contribution in [3.05, 3.63) is 11.6 Å². The molecule has 0 spiro atoms. The monoisotopic (exact) mass is 236 g/mol. The Bertz CT molecular complexity index is 382. The van der Waals surface area contributed by atoms with Gasteiger partial charge in [0.15, 0.2) is 5.82 Å². The van der Waals surface area contributed by atoms with E-state index in [0.717, 1.165) is 18.7 Å². The lowest BCUT2D eigenvalue weighted by molar-refractivity contribution is -0.135. The van der Waals surface area contributed by atoms with Crippen molar-refractivity contribution < 1.29 is 4.79 Å². The van der Waals surface area contributed by atoms with Gasteiger partial charge in [-0.15, -0.1) is 0 Å². The van der Waals surface area contributed by atoms with Crippen molar-refractivity contribution in [3.63, 3.8) is 0 Å². The Hall–Kier alpha value is -1.39. The Morgan fingerprint density at radius 1 is 1.41 bits per heavy atom. The van der Waals surface area contributed by atoms with E-state index in [9.17, 15) is 4.79 Å². The standard InChI is InChI=1S/C12H20N4O/c1-9-13-11(15-14-9)8-16(2)12(17)10-6-4-3-5-7-10/h10H,3-8H2,1-2H3,(H,13,14,15). The molecule has 0 aliphatic heterocycles. The van der Waals surface area contributed by atoms with Gasteiger partial charge in [-0.25, -0.2) is 4.98 Å². The van der Waals surface area contributed by atoms with Crippen molar-refractivity contribution in [2.75, 3.05) is 7.05 Å². The highest BCUT2D eigenvalue weighted by Crippen LogP contribution is 2.25. The van der Waals surface area contributed by atoms with E-state index in [1.54, 1.807) is 4.90 Å². The molecule has 2 rings (SSSR count). The normalized spacial score (nSPS) is 17.1. The van der Waals surface area contributed by atoms with Crippen LogP contribution in [0, 0.1) is 12.8 Å². The first-order chi connectivity index (χ1) is 8.16. The average Bonchev–Trinajstić information content (AvgIpc) is 2.75. The summed E-state index contributed by atoms with van der Waals surface area (Å²) in [5.41, 5.74) is 0. The maximum Gasteiger partial charge on any atom is 0.225 e. The maximum atomic E-state index is 12.2. The molecule has 1 saturated carbocycles. The molecule has 1 amide bonds. The molecule has 94 valence electrons. The Kier molecular flexibility index (Phi) is 3.76. The largest absolute Gasteiger partial charge is 0.338 e. The average molecular weight is 236 g/mol. The van der Waals surface area contributed by atoms with Gasteiger partial charge in [0.1, 0.15) is 5.82 Å².